The van der Waals surface area contributed by atoms with Gasteiger partial charge in [0.15, 0.2) is 0 Å². The minimum atomic E-state index is -0.165. The van der Waals surface area contributed by atoms with Gasteiger partial charge in [0.25, 0.3) is 5.91 Å². The van der Waals surface area contributed by atoms with Crippen molar-refractivity contribution in [2.75, 3.05) is 25.1 Å². The Hall–Kier alpha value is -2.40. The second-order valence-corrected chi connectivity index (χ2v) is 5.71. The van der Waals surface area contributed by atoms with Crippen LogP contribution in [0.15, 0.2) is 48.7 Å². The lowest BCUT2D eigenvalue weighted by Gasteiger charge is -2.11. The molecule has 1 aliphatic rings. The van der Waals surface area contributed by atoms with Crippen molar-refractivity contribution in [3.05, 3.63) is 59.9 Å². The van der Waals surface area contributed by atoms with Gasteiger partial charge < -0.3 is 15.4 Å². The van der Waals surface area contributed by atoms with Crippen molar-refractivity contribution in [2.45, 2.75) is 13.0 Å². The first-order valence-corrected chi connectivity index (χ1v) is 7.91. The van der Waals surface area contributed by atoms with E-state index >= 15 is 0 Å². The normalized spacial score (nSPS) is 17.0. The van der Waals surface area contributed by atoms with E-state index in [4.69, 9.17) is 4.74 Å². The average molecular weight is 311 g/mol. The third-order valence-electron chi connectivity index (χ3n) is 3.91. The number of amides is 1. The summed E-state index contributed by atoms with van der Waals surface area (Å²) in [6.45, 7) is 3.01. The lowest BCUT2D eigenvalue weighted by Crippen LogP contribution is -2.24. The van der Waals surface area contributed by atoms with Crippen molar-refractivity contribution in [2.24, 2.45) is 5.92 Å². The van der Waals surface area contributed by atoms with Gasteiger partial charge in [-0.1, -0.05) is 30.3 Å². The summed E-state index contributed by atoms with van der Waals surface area (Å²) in [7, 11) is 0. The molecule has 2 N–H and O–H groups in total. The Morgan fingerprint density at radius 1 is 1.26 bits per heavy atom. The Balaban J connectivity index is 1.54. The van der Waals surface area contributed by atoms with Crippen molar-refractivity contribution in [3.63, 3.8) is 0 Å². The SMILES string of the molecule is O=C(NCc1ccccc1)c1cc(NC[C@H]2CCOC2)ccn1. The van der Waals surface area contributed by atoms with Crippen LogP contribution in [0.5, 0.6) is 0 Å². The number of benzene rings is 1. The van der Waals surface area contributed by atoms with Gasteiger partial charge in [0.05, 0.1) is 6.61 Å². The maximum Gasteiger partial charge on any atom is 0.270 e. The minimum absolute atomic E-state index is 0.165. The van der Waals surface area contributed by atoms with E-state index in [9.17, 15) is 4.79 Å². The van der Waals surface area contributed by atoms with Gasteiger partial charge in [0.1, 0.15) is 5.69 Å². The highest BCUT2D eigenvalue weighted by atomic mass is 16.5. The zero-order valence-corrected chi connectivity index (χ0v) is 13.0. The number of hydrogen-bond acceptors (Lipinski definition) is 4. The van der Waals surface area contributed by atoms with Crippen molar-refractivity contribution < 1.29 is 9.53 Å². The van der Waals surface area contributed by atoms with Crippen LogP contribution in [0, 0.1) is 5.92 Å². The fourth-order valence-corrected chi connectivity index (χ4v) is 2.54. The molecule has 3 rings (SSSR count). The minimum Gasteiger partial charge on any atom is -0.385 e. The summed E-state index contributed by atoms with van der Waals surface area (Å²) < 4.78 is 5.36. The molecule has 2 heterocycles. The van der Waals surface area contributed by atoms with Gasteiger partial charge >= 0.3 is 0 Å². The second kappa shape index (κ2) is 7.74. The quantitative estimate of drug-likeness (QED) is 0.860. The molecule has 0 saturated carbocycles. The fraction of sp³-hybridized carbons (Fsp3) is 0.333. The number of nitrogens with zero attached hydrogens (tertiary/aromatic N) is 1. The smallest absolute Gasteiger partial charge is 0.270 e. The first kappa shape index (κ1) is 15.5. The van der Waals surface area contributed by atoms with Gasteiger partial charge in [0.2, 0.25) is 0 Å². The number of pyridine rings is 1. The molecule has 1 aromatic carbocycles. The molecule has 5 heteroatoms. The van der Waals surface area contributed by atoms with Crippen LogP contribution in [0.25, 0.3) is 0 Å². The molecule has 1 aromatic heterocycles. The molecule has 5 nitrogen and oxygen atoms in total. The monoisotopic (exact) mass is 311 g/mol. The van der Waals surface area contributed by atoms with E-state index in [2.05, 4.69) is 15.6 Å². The van der Waals surface area contributed by atoms with Gasteiger partial charge in [-0.15, -0.1) is 0 Å². The largest absolute Gasteiger partial charge is 0.385 e. The summed E-state index contributed by atoms with van der Waals surface area (Å²) in [6.07, 6.45) is 2.74. The van der Waals surface area contributed by atoms with Crippen molar-refractivity contribution >= 4 is 11.6 Å². The van der Waals surface area contributed by atoms with Crippen LogP contribution in [0.2, 0.25) is 0 Å². The molecule has 1 fully saturated rings. The standard InChI is InChI=1S/C18H21N3O2/c22-18(21-11-14-4-2-1-3-5-14)17-10-16(6-8-19-17)20-12-15-7-9-23-13-15/h1-6,8,10,15H,7,9,11-13H2,(H,19,20)(H,21,22)/t15-/m1/s1. The summed E-state index contributed by atoms with van der Waals surface area (Å²) in [6, 6.07) is 13.5. The molecule has 1 amide bonds. The molecule has 0 bridgehead atoms. The van der Waals surface area contributed by atoms with Crippen LogP contribution in [-0.2, 0) is 11.3 Å². The van der Waals surface area contributed by atoms with E-state index in [-0.39, 0.29) is 5.91 Å². The molecular weight excluding hydrogens is 290 g/mol. The second-order valence-electron chi connectivity index (χ2n) is 5.71. The molecule has 0 spiro atoms. The molecule has 1 atom stereocenters. The lowest BCUT2D eigenvalue weighted by atomic mass is 10.1. The molecule has 120 valence electrons. The number of anilines is 1. The number of carbonyl (C=O) groups is 1. The third-order valence-corrected chi connectivity index (χ3v) is 3.91. The third kappa shape index (κ3) is 4.53. The number of rotatable bonds is 6. The van der Waals surface area contributed by atoms with Gasteiger partial charge in [-0.25, -0.2) is 0 Å². The summed E-state index contributed by atoms with van der Waals surface area (Å²) in [5.41, 5.74) is 2.40. The Kier molecular flexibility index (Phi) is 5.21. The zero-order chi connectivity index (χ0) is 15.9. The van der Waals surface area contributed by atoms with Crippen LogP contribution in [-0.4, -0.2) is 30.6 Å². The van der Waals surface area contributed by atoms with E-state index in [0.29, 0.717) is 18.2 Å². The Bertz CT molecular complexity index is 640. The average Bonchev–Trinajstić information content (AvgIpc) is 3.12. The molecule has 0 aliphatic carbocycles. The van der Waals surface area contributed by atoms with Gasteiger partial charge in [-0.3, -0.25) is 9.78 Å². The highest BCUT2D eigenvalue weighted by Crippen LogP contribution is 2.14. The molecule has 2 aromatic rings. The first-order valence-electron chi connectivity index (χ1n) is 7.91. The van der Waals surface area contributed by atoms with Crippen molar-refractivity contribution in [3.8, 4) is 0 Å². The molecule has 1 aliphatic heterocycles. The summed E-state index contributed by atoms with van der Waals surface area (Å²) in [5.74, 6) is 0.375. The fourth-order valence-electron chi connectivity index (χ4n) is 2.54. The van der Waals surface area contributed by atoms with E-state index < -0.39 is 0 Å². The molecule has 0 radical (unpaired) electrons. The van der Waals surface area contributed by atoms with E-state index in [1.165, 1.54) is 0 Å². The molecule has 0 unspecified atom stereocenters. The van der Waals surface area contributed by atoms with Crippen LogP contribution in [0.3, 0.4) is 0 Å². The van der Waals surface area contributed by atoms with Crippen LogP contribution >= 0.6 is 0 Å². The van der Waals surface area contributed by atoms with Gasteiger partial charge in [-0.05, 0) is 24.1 Å². The number of ether oxygens (including phenoxy) is 1. The first-order chi connectivity index (χ1) is 11.3. The highest BCUT2D eigenvalue weighted by molar-refractivity contribution is 5.93. The summed E-state index contributed by atoms with van der Waals surface area (Å²) >= 11 is 0. The molecular formula is C18H21N3O2. The topological polar surface area (TPSA) is 63.2 Å². The van der Waals surface area contributed by atoms with Gasteiger partial charge in [-0.2, -0.15) is 0 Å². The van der Waals surface area contributed by atoms with Gasteiger partial charge in [0, 0.05) is 37.5 Å². The molecule has 23 heavy (non-hydrogen) atoms. The number of aromatic nitrogens is 1. The number of carbonyl (C=O) groups excluding carboxylic acids is 1. The highest BCUT2D eigenvalue weighted by Gasteiger charge is 2.15. The van der Waals surface area contributed by atoms with Crippen molar-refractivity contribution in [1.29, 1.82) is 0 Å². The summed E-state index contributed by atoms with van der Waals surface area (Å²) in [5, 5.41) is 6.25. The lowest BCUT2D eigenvalue weighted by molar-refractivity contribution is 0.0946. The van der Waals surface area contributed by atoms with Crippen LogP contribution in [0.4, 0.5) is 5.69 Å². The van der Waals surface area contributed by atoms with Crippen molar-refractivity contribution in [1.82, 2.24) is 10.3 Å². The van der Waals surface area contributed by atoms with E-state index in [0.717, 1.165) is 37.4 Å². The molecule has 1 saturated heterocycles. The zero-order valence-electron chi connectivity index (χ0n) is 13.0. The number of hydrogen-bond donors (Lipinski definition) is 2. The maximum atomic E-state index is 12.2. The Morgan fingerprint density at radius 3 is 2.91 bits per heavy atom. The number of nitrogens with one attached hydrogen (secondary N) is 2. The Labute approximate surface area is 136 Å². The van der Waals surface area contributed by atoms with E-state index in [1.54, 1.807) is 12.3 Å². The van der Waals surface area contributed by atoms with E-state index in [1.807, 2.05) is 36.4 Å². The summed E-state index contributed by atoms with van der Waals surface area (Å²) in [4.78, 5) is 16.4. The predicted molar refractivity (Wildman–Crippen MR) is 89.3 cm³/mol. The van der Waals surface area contributed by atoms with Crippen LogP contribution in [0.1, 0.15) is 22.5 Å². The predicted octanol–water partition coefficient (Wildman–Crippen LogP) is 2.46. The Morgan fingerprint density at radius 2 is 2.13 bits per heavy atom. The van der Waals surface area contributed by atoms with Crippen LogP contribution < -0.4 is 10.6 Å². The maximum absolute atomic E-state index is 12.2.